The molecule has 1 saturated heterocycles. The third kappa shape index (κ3) is 7.71. The minimum atomic E-state index is -1.33. The number of hydrogen-bond donors (Lipinski definition) is 1. The number of isothiocyanates is 1. The molecule has 0 radical (unpaired) electrons. The number of aliphatic imine (C=N–C) groups is 1. The van der Waals surface area contributed by atoms with Gasteiger partial charge in [0.25, 0.3) is 0 Å². The van der Waals surface area contributed by atoms with E-state index >= 15 is 0 Å². The number of esters is 3. The van der Waals surface area contributed by atoms with E-state index in [0.717, 1.165) is 20.8 Å². The van der Waals surface area contributed by atoms with E-state index in [9.17, 15) is 34.6 Å². The zero-order chi connectivity index (χ0) is 26.3. The number of carbonyl (C=O) groups excluding carboxylic acids is 3. The van der Waals surface area contributed by atoms with Crippen molar-refractivity contribution < 1.29 is 43.2 Å². The lowest BCUT2D eigenvalue weighted by Crippen LogP contribution is -2.68. The van der Waals surface area contributed by atoms with Crippen molar-refractivity contribution in [1.29, 1.82) is 0 Å². The van der Waals surface area contributed by atoms with E-state index in [2.05, 4.69) is 27.7 Å². The number of nitrogens with zero attached hydrogens (tertiary/aromatic N) is 3. The molecule has 194 valence electrons. The van der Waals surface area contributed by atoms with E-state index in [4.69, 9.17) is 18.9 Å². The Labute approximate surface area is 204 Å². The van der Waals surface area contributed by atoms with Gasteiger partial charge >= 0.3 is 17.9 Å². The van der Waals surface area contributed by atoms with Gasteiger partial charge in [-0.3, -0.25) is 39.9 Å². The first-order valence-corrected chi connectivity index (χ1v) is 11.1. The maximum Gasteiger partial charge on any atom is 0.303 e. The van der Waals surface area contributed by atoms with E-state index in [1.165, 1.54) is 0 Å². The van der Waals surface area contributed by atoms with Crippen molar-refractivity contribution in [2.75, 3.05) is 6.61 Å². The molecule has 35 heavy (non-hydrogen) atoms. The molecule has 15 nitrogen and oxygen atoms in total. The van der Waals surface area contributed by atoms with Crippen LogP contribution >= 0.6 is 12.2 Å². The number of thiocarbonyl (C=S) groups is 1. The molecule has 1 aliphatic carbocycles. The standard InChI is InChI=1S/C19H26N4O11S/c1-9(24)31-7-15-17(32-10(2)25)18(33-11(3)26)16(19(34-15)20-8-35)21-13-5-4-12(22(27)28)6-14(13)23(29)30/h12-19,21H,4-7H2,1-3H3/t12-,13+,14-,15-,16-,17+,18+,19+/m0/s1. The Morgan fingerprint density at radius 1 is 1.06 bits per heavy atom. The summed E-state index contributed by atoms with van der Waals surface area (Å²) in [5.41, 5.74) is 0. The maximum absolute atomic E-state index is 11.9. The highest BCUT2D eigenvalue weighted by atomic mass is 32.1. The first kappa shape index (κ1) is 28.2. The first-order valence-electron chi connectivity index (χ1n) is 10.7. The summed E-state index contributed by atoms with van der Waals surface area (Å²) in [7, 11) is 0. The average molecular weight is 519 g/mol. The number of nitro groups is 2. The average Bonchev–Trinajstić information content (AvgIpc) is 2.75. The largest absolute Gasteiger partial charge is 0.463 e. The van der Waals surface area contributed by atoms with E-state index < -0.39 is 76.5 Å². The Hall–Kier alpha value is -3.07. The van der Waals surface area contributed by atoms with Crippen molar-refractivity contribution in [3.05, 3.63) is 20.2 Å². The molecule has 0 aromatic carbocycles. The van der Waals surface area contributed by atoms with Gasteiger partial charge in [0.2, 0.25) is 12.1 Å². The maximum atomic E-state index is 11.9. The summed E-state index contributed by atoms with van der Waals surface area (Å²) in [6.07, 6.45) is -5.11. The summed E-state index contributed by atoms with van der Waals surface area (Å²) >= 11 is 4.68. The summed E-state index contributed by atoms with van der Waals surface area (Å²) in [4.78, 5) is 60.8. The second kappa shape index (κ2) is 12.6. The molecule has 2 fully saturated rings. The van der Waals surface area contributed by atoms with Crippen LogP contribution in [-0.2, 0) is 33.3 Å². The van der Waals surface area contributed by atoms with E-state index in [0.29, 0.717) is 0 Å². The second-order valence-corrected chi connectivity index (χ2v) is 8.32. The second-order valence-electron chi connectivity index (χ2n) is 8.14. The summed E-state index contributed by atoms with van der Waals surface area (Å²) in [5, 5.41) is 28.0. The molecule has 1 saturated carbocycles. The van der Waals surface area contributed by atoms with Crippen LogP contribution in [0.25, 0.3) is 0 Å². The third-order valence-electron chi connectivity index (χ3n) is 5.66. The molecule has 0 spiro atoms. The highest BCUT2D eigenvalue weighted by Crippen LogP contribution is 2.30. The molecule has 2 rings (SSSR count). The number of hydrogen-bond acceptors (Lipinski definition) is 14. The first-order chi connectivity index (χ1) is 16.4. The van der Waals surface area contributed by atoms with Crippen LogP contribution in [0.1, 0.15) is 40.0 Å². The molecular weight excluding hydrogens is 492 g/mol. The predicted octanol–water partition coefficient (Wildman–Crippen LogP) is 0.0419. The van der Waals surface area contributed by atoms with Gasteiger partial charge in [0.15, 0.2) is 18.4 Å². The molecule has 1 N–H and O–H groups in total. The van der Waals surface area contributed by atoms with Crippen LogP contribution in [0.5, 0.6) is 0 Å². The Morgan fingerprint density at radius 3 is 2.20 bits per heavy atom. The fourth-order valence-corrected chi connectivity index (χ4v) is 4.35. The summed E-state index contributed by atoms with van der Waals surface area (Å²) in [6, 6.07) is -4.42. The molecule has 0 aromatic rings. The van der Waals surface area contributed by atoms with Crippen LogP contribution in [0.2, 0.25) is 0 Å². The molecular formula is C19H26N4O11S. The lowest BCUT2D eigenvalue weighted by Gasteiger charge is -2.45. The summed E-state index contributed by atoms with van der Waals surface area (Å²) in [6.45, 7) is 2.99. The van der Waals surface area contributed by atoms with E-state index in [1.54, 1.807) is 0 Å². The van der Waals surface area contributed by atoms with Gasteiger partial charge in [0, 0.05) is 37.0 Å². The minimum Gasteiger partial charge on any atom is -0.463 e. The van der Waals surface area contributed by atoms with Crippen LogP contribution in [-0.4, -0.2) is 88.2 Å². The van der Waals surface area contributed by atoms with Crippen molar-refractivity contribution in [2.24, 2.45) is 4.99 Å². The molecule has 8 atom stereocenters. The lowest BCUT2D eigenvalue weighted by molar-refractivity contribution is -0.570. The van der Waals surface area contributed by atoms with Crippen molar-refractivity contribution in [2.45, 2.75) is 88.7 Å². The molecule has 1 aliphatic heterocycles. The van der Waals surface area contributed by atoms with Crippen LogP contribution < -0.4 is 5.32 Å². The summed E-state index contributed by atoms with van der Waals surface area (Å²) in [5.74, 6) is -2.17. The number of carbonyl (C=O) groups is 3. The quantitative estimate of drug-likeness (QED) is 0.107. The SMILES string of the molecule is CC(=O)OC[C@@H]1O[C@@H](N=C=S)[C@@H](N[C@@H]2CC[C@H]([N+](=O)[O-])C[C@@H]2[N+](=O)[O-])[C@@H](OC(C)=O)[C@@H]1OC(C)=O. The molecule has 0 unspecified atom stereocenters. The Kier molecular flexibility index (Phi) is 10.1. The minimum absolute atomic E-state index is 0.0592. The molecule has 2 aliphatic rings. The summed E-state index contributed by atoms with van der Waals surface area (Å²) < 4.78 is 21.6. The van der Waals surface area contributed by atoms with Gasteiger partial charge < -0.3 is 18.9 Å². The monoisotopic (exact) mass is 518 g/mol. The van der Waals surface area contributed by atoms with Crippen LogP contribution in [0.3, 0.4) is 0 Å². The fraction of sp³-hybridized carbons (Fsp3) is 0.789. The highest BCUT2D eigenvalue weighted by molar-refractivity contribution is 7.78. The van der Waals surface area contributed by atoms with Gasteiger partial charge in [-0.05, 0) is 18.6 Å². The van der Waals surface area contributed by atoms with Crippen molar-refractivity contribution in [3.8, 4) is 0 Å². The smallest absolute Gasteiger partial charge is 0.303 e. The van der Waals surface area contributed by atoms with Crippen LogP contribution in [0.4, 0.5) is 0 Å². The highest BCUT2D eigenvalue weighted by Gasteiger charge is 2.53. The molecule has 16 heteroatoms. The third-order valence-corrected chi connectivity index (χ3v) is 5.77. The van der Waals surface area contributed by atoms with Crippen LogP contribution in [0.15, 0.2) is 4.99 Å². The van der Waals surface area contributed by atoms with Crippen molar-refractivity contribution in [1.82, 2.24) is 5.32 Å². The Bertz CT molecular complexity index is 896. The predicted molar refractivity (Wildman–Crippen MR) is 118 cm³/mol. The topological polar surface area (TPSA) is 199 Å². The van der Waals surface area contributed by atoms with Gasteiger partial charge in [-0.25, -0.2) is 0 Å². The van der Waals surface area contributed by atoms with Gasteiger partial charge in [0.05, 0.1) is 23.7 Å². The van der Waals surface area contributed by atoms with Gasteiger partial charge in [-0.15, -0.1) is 0 Å². The Balaban J connectivity index is 2.43. The lowest BCUT2D eigenvalue weighted by atomic mass is 9.85. The number of nitrogens with one attached hydrogen (secondary N) is 1. The van der Waals surface area contributed by atoms with Gasteiger partial charge in [0.1, 0.15) is 12.7 Å². The zero-order valence-corrected chi connectivity index (χ0v) is 20.0. The van der Waals surface area contributed by atoms with Crippen molar-refractivity contribution in [3.63, 3.8) is 0 Å². The van der Waals surface area contributed by atoms with Gasteiger partial charge in [-0.2, -0.15) is 4.99 Å². The van der Waals surface area contributed by atoms with Crippen molar-refractivity contribution >= 4 is 35.3 Å². The van der Waals surface area contributed by atoms with E-state index in [-0.39, 0.29) is 25.9 Å². The molecule has 0 bridgehead atoms. The number of rotatable bonds is 9. The Morgan fingerprint density at radius 2 is 1.69 bits per heavy atom. The fourth-order valence-electron chi connectivity index (χ4n) is 4.25. The number of ether oxygens (including phenoxy) is 4. The molecule has 0 amide bonds. The molecule has 1 heterocycles. The normalized spacial score (nSPS) is 32.4. The van der Waals surface area contributed by atoms with E-state index in [1.807, 2.05) is 0 Å². The zero-order valence-electron chi connectivity index (χ0n) is 19.2. The van der Waals surface area contributed by atoms with Crippen LogP contribution in [0, 0.1) is 20.2 Å². The molecule has 0 aromatic heterocycles. The van der Waals surface area contributed by atoms with Gasteiger partial charge in [-0.1, -0.05) is 0 Å².